The molecule has 8 heteroatoms. The molecule has 2 aromatic rings. The van der Waals surface area contributed by atoms with E-state index < -0.39 is 46.6 Å². The third kappa shape index (κ3) is 4.15. The number of carbonyl (C=O) groups excluding carboxylic acids is 1. The first-order valence-corrected chi connectivity index (χ1v) is 10.5. The predicted octanol–water partition coefficient (Wildman–Crippen LogP) is 5.52. The summed E-state index contributed by atoms with van der Waals surface area (Å²) in [6.07, 6.45) is 0. The molecule has 1 heterocycles. The van der Waals surface area contributed by atoms with E-state index in [4.69, 9.17) is 27.9 Å². The van der Waals surface area contributed by atoms with Gasteiger partial charge in [-0.2, -0.15) is 5.26 Å². The minimum Gasteiger partial charge on any atom is -0.459 e. The molecule has 1 N–H and O–H groups in total. The van der Waals surface area contributed by atoms with E-state index in [1.807, 2.05) is 0 Å². The molecular weight excluding hydrogens is 445 g/mol. The van der Waals surface area contributed by atoms with Crippen molar-refractivity contribution in [2.45, 2.75) is 56.7 Å². The van der Waals surface area contributed by atoms with E-state index in [0.717, 1.165) is 6.07 Å². The Morgan fingerprint density at radius 3 is 2.52 bits per heavy atom. The Kier molecular flexibility index (Phi) is 6.35. The Labute approximate surface area is 190 Å². The molecule has 0 amide bonds. The van der Waals surface area contributed by atoms with Crippen LogP contribution >= 0.6 is 23.2 Å². The number of ether oxygens (including phenoxy) is 1. The van der Waals surface area contributed by atoms with Crippen LogP contribution in [0.3, 0.4) is 0 Å². The Morgan fingerprint density at radius 1 is 1.23 bits per heavy atom. The van der Waals surface area contributed by atoms with E-state index in [1.165, 1.54) is 30.3 Å². The third-order valence-electron chi connectivity index (χ3n) is 5.47. The molecule has 1 unspecified atom stereocenters. The second-order valence-corrected chi connectivity index (χ2v) is 9.47. The molecule has 1 fully saturated rings. The van der Waals surface area contributed by atoms with Crippen molar-refractivity contribution in [3.8, 4) is 6.07 Å². The van der Waals surface area contributed by atoms with E-state index in [0.29, 0.717) is 0 Å². The molecule has 0 aromatic heterocycles. The van der Waals surface area contributed by atoms with Gasteiger partial charge in [-0.3, -0.25) is 10.1 Å². The van der Waals surface area contributed by atoms with Crippen molar-refractivity contribution in [3.05, 3.63) is 69.2 Å². The van der Waals surface area contributed by atoms with Crippen LogP contribution in [-0.4, -0.2) is 23.7 Å². The minimum absolute atomic E-state index is 0.0149. The zero-order chi connectivity index (χ0) is 23.1. The topological polar surface area (TPSA) is 62.1 Å². The first kappa shape index (κ1) is 23.5. The number of esters is 1. The van der Waals surface area contributed by atoms with Crippen molar-refractivity contribution in [1.82, 2.24) is 5.32 Å². The third-order valence-corrected chi connectivity index (χ3v) is 6.00. The summed E-state index contributed by atoms with van der Waals surface area (Å²) in [6.45, 7) is 6.74. The van der Waals surface area contributed by atoms with Gasteiger partial charge in [0, 0.05) is 22.5 Å². The summed E-state index contributed by atoms with van der Waals surface area (Å²) in [4.78, 5) is 13.1. The average Bonchev–Trinajstić information content (AvgIpc) is 2.98. The highest BCUT2D eigenvalue weighted by Gasteiger charge is 2.60. The molecule has 0 radical (unpaired) electrons. The fraction of sp³-hybridized carbons (Fsp3) is 0.391. The van der Waals surface area contributed by atoms with E-state index >= 15 is 8.78 Å². The molecule has 1 aliphatic heterocycles. The summed E-state index contributed by atoms with van der Waals surface area (Å²) in [5, 5.41) is 13.5. The van der Waals surface area contributed by atoms with E-state index in [9.17, 15) is 10.1 Å². The molecule has 4 nitrogen and oxygen atoms in total. The van der Waals surface area contributed by atoms with Crippen LogP contribution in [0.2, 0.25) is 10.0 Å². The second-order valence-electron chi connectivity index (χ2n) is 8.63. The fourth-order valence-electron chi connectivity index (χ4n) is 4.23. The summed E-state index contributed by atoms with van der Waals surface area (Å²) >= 11 is 12.1. The van der Waals surface area contributed by atoms with E-state index in [2.05, 4.69) is 11.4 Å². The smallest absolute Gasteiger partial charge is 0.324 e. The van der Waals surface area contributed by atoms with Gasteiger partial charge in [0.15, 0.2) is 0 Å². The van der Waals surface area contributed by atoms with Gasteiger partial charge < -0.3 is 4.74 Å². The molecule has 4 atom stereocenters. The number of halogens is 4. The lowest BCUT2D eigenvalue weighted by molar-refractivity contribution is -0.157. The van der Waals surface area contributed by atoms with Gasteiger partial charge in [0.1, 0.15) is 28.7 Å². The number of carbonyl (C=O) groups is 1. The van der Waals surface area contributed by atoms with Crippen molar-refractivity contribution >= 4 is 29.2 Å². The predicted molar refractivity (Wildman–Crippen MR) is 115 cm³/mol. The molecule has 31 heavy (non-hydrogen) atoms. The van der Waals surface area contributed by atoms with Crippen molar-refractivity contribution < 1.29 is 18.3 Å². The van der Waals surface area contributed by atoms with E-state index in [1.54, 1.807) is 27.7 Å². The van der Waals surface area contributed by atoms with Crippen molar-refractivity contribution in [3.63, 3.8) is 0 Å². The quantitative estimate of drug-likeness (QED) is 0.604. The van der Waals surface area contributed by atoms with Crippen molar-refractivity contribution in [2.24, 2.45) is 0 Å². The largest absolute Gasteiger partial charge is 0.459 e. The average molecular weight is 467 g/mol. The highest BCUT2D eigenvalue weighted by molar-refractivity contribution is 6.31. The van der Waals surface area contributed by atoms with Gasteiger partial charge in [0.2, 0.25) is 0 Å². The summed E-state index contributed by atoms with van der Waals surface area (Å²) in [5.41, 5.74) is -2.50. The summed E-state index contributed by atoms with van der Waals surface area (Å²) < 4.78 is 35.7. The highest BCUT2D eigenvalue weighted by atomic mass is 35.5. The van der Waals surface area contributed by atoms with Crippen molar-refractivity contribution in [2.75, 3.05) is 0 Å². The SMILES string of the molecule is CC1N[C@@H](C(=O)OC(C)(C)C)[C@H](c2cccc(Cl)c2F)[C@@]1(C#N)c1cc(Cl)ccc1F. The summed E-state index contributed by atoms with van der Waals surface area (Å²) in [6, 6.07) is 8.48. The van der Waals surface area contributed by atoms with Gasteiger partial charge in [0.05, 0.1) is 11.1 Å². The van der Waals surface area contributed by atoms with Gasteiger partial charge in [0.25, 0.3) is 0 Å². The lowest BCUT2D eigenvalue weighted by Crippen LogP contribution is -2.42. The zero-order valence-corrected chi connectivity index (χ0v) is 19.0. The molecular formula is C23H22Cl2F2N2O2. The maximum Gasteiger partial charge on any atom is 0.324 e. The number of nitrogens with one attached hydrogen (secondary N) is 1. The first-order chi connectivity index (χ1) is 14.4. The zero-order valence-electron chi connectivity index (χ0n) is 17.5. The van der Waals surface area contributed by atoms with Crippen LogP contribution < -0.4 is 5.32 Å². The van der Waals surface area contributed by atoms with Crippen LogP contribution in [0.1, 0.15) is 44.7 Å². The van der Waals surface area contributed by atoms with Gasteiger partial charge in [-0.1, -0.05) is 35.3 Å². The lowest BCUT2D eigenvalue weighted by atomic mass is 9.65. The van der Waals surface area contributed by atoms with Crippen LogP contribution in [0.4, 0.5) is 8.78 Å². The number of nitriles is 1. The van der Waals surface area contributed by atoms with Crippen LogP contribution in [0.5, 0.6) is 0 Å². The summed E-state index contributed by atoms with van der Waals surface area (Å²) in [7, 11) is 0. The minimum atomic E-state index is -1.66. The second kappa shape index (κ2) is 8.38. The number of hydrogen-bond acceptors (Lipinski definition) is 4. The molecule has 1 saturated heterocycles. The molecule has 0 bridgehead atoms. The Bertz CT molecular complexity index is 1060. The number of rotatable bonds is 3. The molecule has 3 rings (SSSR count). The standard InChI is InChI=1S/C23H22Cl2F2N2O2/c1-12-23(11-28,15-10-13(24)8-9-17(15)26)18(14-6-5-7-16(25)19(14)27)20(29-12)21(30)31-22(2,3)4/h5-10,12,18,20,29H,1-4H3/t12?,18-,20+,23+/m0/s1. The maximum atomic E-state index is 15.2. The van der Waals surface area contributed by atoms with Crippen molar-refractivity contribution in [1.29, 1.82) is 5.26 Å². The Hall–Kier alpha value is -2.20. The molecule has 1 aliphatic rings. The fourth-order valence-corrected chi connectivity index (χ4v) is 4.58. The van der Waals surface area contributed by atoms with Gasteiger partial charge in [-0.25, -0.2) is 8.78 Å². The first-order valence-electron chi connectivity index (χ1n) is 9.72. The Balaban J connectivity index is 2.30. The molecule has 164 valence electrons. The monoisotopic (exact) mass is 466 g/mol. The number of benzene rings is 2. The highest BCUT2D eigenvalue weighted by Crippen LogP contribution is 2.51. The lowest BCUT2D eigenvalue weighted by Gasteiger charge is -2.34. The molecule has 0 spiro atoms. The van der Waals surface area contributed by atoms with Gasteiger partial charge in [-0.05, 0) is 57.5 Å². The Morgan fingerprint density at radius 2 is 1.90 bits per heavy atom. The van der Waals surface area contributed by atoms with Crippen LogP contribution in [-0.2, 0) is 14.9 Å². The van der Waals surface area contributed by atoms with Crippen LogP contribution in [0.25, 0.3) is 0 Å². The van der Waals surface area contributed by atoms with E-state index in [-0.39, 0.29) is 21.2 Å². The normalized spacial score (nSPS) is 25.8. The van der Waals surface area contributed by atoms with Crippen LogP contribution in [0, 0.1) is 23.0 Å². The number of hydrogen-bond donors (Lipinski definition) is 1. The number of nitrogens with zero attached hydrogens (tertiary/aromatic N) is 1. The molecule has 0 aliphatic carbocycles. The van der Waals surface area contributed by atoms with Gasteiger partial charge >= 0.3 is 5.97 Å². The van der Waals surface area contributed by atoms with Gasteiger partial charge in [-0.15, -0.1) is 0 Å². The summed E-state index contributed by atoms with van der Waals surface area (Å²) in [5.74, 6) is -3.27. The van der Waals surface area contributed by atoms with Crippen LogP contribution in [0.15, 0.2) is 36.4 Å². The molecule has 2 aromatic carbocycles. The maximum absolute atomic E-state index is 15.2. The molecule has 0 saturated carbocycles.